The van der Waals surface area contributed by atoms with Crippen LogP contribution in [0.15, 0.2) is 18.3 Å². The van der Waals surface area contributed by atoms with Crippen molar-refractivity contribution in [1.29, 1.82) is 0 Å². The molecule has 3 aromatic rings. The van der Waals surface area contributed by atoms with E-state index in [9.17, 15) is 10.2 Å². The van der Waals surface area contributed by atoms with Crippen molar-refractivity contribution in [2.45, 2.75) is 103 Å². The molecule has 2 heterocycles. The van der Waals surface area contributed by atoms with Gasteiger partial charge in [-0.2, -0.15) is 0 Å². The molecule has 10 heteroatoms. The van der Waals surface area contributed by atoms with Crippen LogP contribution in [0.3, 0.4) is 0 Å². The van der Waals surface area contributed by atoms with E-state index >= 15 is 4.39 Å². The lowest BCUT2D eigenvalue weighted by Crippen LogP contribution is -2.51. The molecule has 37 heavy (non-hydrogen) atoms. The Morgan fingerprint density at radius 2 is 1.92 bits per heavy atom. The van der Waals surface area contributed by atoms with Crippen LogP contribution in [0.25, 0.3) is 22.3 Å². The van der Waals surface area contributed by atoms with Crippen molar-refractivity contribution in [2.75, 3.05) is 5.32 Å². The number of nitrogens with one attached hydrogen (secondary N) is 1. The zero-order valence-electron chi connectivity index (χ0n) is 22.5. The lowest BCUT2D eigenvalue weighted by molar-refractivity contribution is -0.0853. The van der Waals surface area contributed by atoms with E-state index in [0.717, 1.165) is 6.42 Å². The summed E-state index contributed by atoms with van der Waals surface area (Å²) in [5, 5.41) is 25.3. The molecule has 2 aromatic heterocycles. The number of nitrogens with zero attached hydrogens (tertiary/aromatic N) is 4. The van der Waals surface area contributed by atoms with Crippen LogP contribution in [0.5, 0.6) is 0 Å². The first-order valence-electron chi connectivity index (χ1n) is 12.8. The summed E-state index contributed by atoms with van der Waals surface area (Å²) in [4.78, 5) is 13.3. The predicted octanol–water partition coefficient (Wildman–Crippen LogP) is 5.60. The zero-order valence-corrected chi connectivity index (χ0v) is 23.3. The number of hydrogen-bond acceptors (Lipinski definition) is 7. The van der Waals surface area contributed by atoms with Crippen LogP contribution in [0, 0.1) is 5.82 Å². The molecule has 1 fully saturated rings. The number of aromatic nitrogens is 4. The summed E-state index contributed by atoms with van der Waals surface area (Å²) in [7, 11) is 0. The number of halogens is 2. The highest BCUT2D eigenvalue weighted by Gasteiger charge is 2.40. The number of fused-ring (bicyclic) bond motifs is 1. The third kappa shape index (κ3) is 5.74. The minimum atomic E-state index is -1.25. The Balaban J connectivity index is 1.69. The van der Waals surface area contributed by atoms with Gasteiger partial charge in [0.05, 0.1) is 46.3 Å². The molecule has 8 nitrogen and oxygen atoms in total. The SMILES string of the molecule is CC(C)O[C@@H]1CC[C@@H](Nc2ncc(Cl)c(-c3cc(F)c4nc(C(C)(C)O)n(C(C)C)c4c3)n2)[C@](C)(O)C1. The Morgan fingerprint density at radius 3 is 2.51 bits per heavy atom. The van der Waals surface area contributed by atoms with E-state index in [1.807, 2.05) is 32.3 Å². The molecule has 1 aromatic carbocycles. The van der Waals surface area contributed by atoms with E-state index in [0.29, 0.717) is 41.4 Å². The summed E-state index contributed by atoms with van der Waals surface area (Å²) in [6, 6.07) is 2.76. The fourth-order valence-electron chi connectivity index (χ4n) is 5.14. The second-order valence-electron chi connectivity index (χ2n) is 11.3. The van der Waals surface area contributed by atoms with Crippen LogP contribution in [0.1, 0.15) is 79.6 Å². The average Bonchev–Trinajstić information content (AvgIpc) is 3.17. The van der Waals surface area contributed by atoms with Crippen LogP contribution in [-0.4, -0.2) is 53.6 Å². The standard InChI is InChI=1S/C27H37ClFN5O3/c1-14(2)34-20-11-16(10-19(29)23(20)32-24(34)26(5,6)35)22-18(28)13-30-25(33-22)31-21-9-8-17(37-15(3)4)12-27(21,7)36/h10-11,13-15,17,21,35-36H,8-9,12H2,1-7H3,(H,30,31,33)/t17-,21-,27-/m1/s1. The number of aliphatic hydroxyl groups is 2. The average molecular weight is 534 g/mol. The summed E-state index contributed by atoms with van der Waals surface area (Å²) >= 11 is 6.48. The molecule has 1 aliphatic carbocycles. The highest BCUT2D eigenvalue weighted by molar-refractivity contribution is 6.33. The molecular weight excluding hydrogens is 497 g/mol. The highest BCUT2D eigenvalue weighted by atomic mass is 35.5. The van der Waals surface area contributed by atoms with Gasteiger partial charge in [0.25, 0.3) is 0 Å². The normalized spacial score (nSPS) is 22.8. The van der Waals surface area contributed by atoms with Gasteiger partial charge in [0.15, 0.2) is 5.82 Å². The zero-order chi connectivity index (χ0) is 27.3. The van der Waals surface area contributed by atoms with Crippen molar-refractivity contribution >= 4 is 28.6 Å². The lowest BCUT2D eigenvalue weighted by atomic mass is 9.80. The summed E-state index contributed by atoms with van der Waals surface area (Å²) in [5.74, 6) is 0.139. The van der Waals surface area contributed by atoms with Gasteiger partial charge >= 0.3 is 0 Å². The Morgan fingerprint density at radius 1 is 1.22 bits per heavy atom. The minimum absolute atomic E-state index is 0.0101. The second-order valence-corrected chi connectivity index (χ2v) is 11.7. The maximum absolute atomic E-state index is 15.3. The predicted molar refractivity (Wildman–Crippen MR) is 143 cm³/mol. The number of rotatable bonds is 7. The van der Waals surface area contributed by atoms with Crippen LogP contribution in [-0.2, 0) is 10.3 Å². The third-order valence-corrected chi connectivity index (χ3v) is 7.04. The van der Waals surface area contributed by atoms with E-state index in [1.54, 1.807) is 26.8 Å². The Hall–Kier alpha value is -2.33. The monoisotopic (exact) mass is 533 g/mol. The highest BCUT2D eigenvalue weighted by Crippen LogP contribution is 2.36. The summed E-state index contributed by atoms with van der Waals surface area (Å²) in [6.45, 7) is 12.9. The molecule has 0 saturated heterocycles. The largest absolute Gasteiger partial charge is 0.388 e. The number of hydrogen-bond donors (Lipinski definition) is 3. The van der Waals surface area contributed by atoms with Gasteiger partial charge in [0.2, 0.25) is 5.95 Å². The summed E-state index contributed by atoms with van der Waals surface area (Å²) in [5.41, 5.74) is -0.741. The van der Waals surface area contributed by atoms with Gasteiger partial charge in [-0.25, -0.2) is 19.3 Å². The van der Waals surface area contributed by atoms with Crippen molar-refractivity contribution in [1.82, 2.24) is 19.5 Å². The van der Waals surface area contributed by atoms with Crippen molar-refractivity contribution < 1.29 is 19.3 Å². The Bertz CT molecular complexity index is 1290. The molecule has 0 unspecified atom stereocenters. The molecule has 3 atom stereocenters. The second kappa shape index (κ2) is 10.1. The van der Waals surface area contributed by atoms with Crippen LogP contribution >= 0.6 is 11.6 Å². The molecule has 0 aliphatic heterocycles. The van der Waals surface area contributed by atoms with Gasteiger partial charge < -0.3 is 24.8 Å². The number of benzene rings is 1. The molecule has 0 bridgehead atoms. The van der Waals surface area contributed by atoms with Crippen molar-refractivity contribution in [3.63, 3.8) is 0 Å². The van der Waals surface area contributed by atoms with Crippen molar-refractivity contribution in [3.8, 4) is 11.3 Å². The smallest absolute Gasteiger partial charge is 0.223 e. The number of anilines is 1. The fraction of sp³-hybridized carbons (Fsp3) is 0.593. The topological polar surface area (TPSA) is 105 Å². The quantitative estimate of drug-likeness (QED) is 0.363. The van der Waals surface area contributed by atoms with Gasteiger partial charge in [-0.1, -0.05) is 11.6 Å². The van der Waals surface area contributed by atoms with Crippen molar-refractivity contribution in [3.05, 3.63) is 35.0 Å². The van der Waals surface area contributed by atoms with Gasteiger partial charge in [0.1, 0.15) is 16.9 Å². The maximum atomic E-state index is 15.3. The van der Waals surface area contributed by atoms with Crippen molar-refractivity contribution in [2.24, 2.45) is 0 Å². The molecule has 0 radical (unpaired) electrons. The first-order chi connectivity index (χ1) is 17.2. The Kier molecular flexibility index (Phi) is 7.56. The molecule has 1 saturated carbocycles. The first-order valence-corrected chi connectivity index (χ1v) is 13.2. The first kappa shape index (κ1) is 27.7. The molecule has 4 rings (SSSR count). The van der Waals surface area contributed by atoms with Gasteiger partial charge in [-0.3, -0.25) is 0 Å². The van der Waals surface area contributed by atoms with Crippen LogP contribution in [0.2, 0.25) is 5.02 Å². The van der Waals surface area contributed by atoms with E-state index in [4.69, 9.17) is 16.3 Å². The lowest BCUT2D eigenvalue weighted by Gasteiger charge is -2.41. The number of ether oxygens (including phenoxy) is 1. The molecule has 1 aliphatic rings. The molecule has 0 spiro atoms. The minimum Gasteiger partial charge on any atom is -0.388 e. The fourth-order valence-corrected chi connectivity index (χ4v) is 5.34. The molecule has 3 N–H and O–H groups in total. The van der Waals surface area contributed by atoms with Crippen LogP contribution in [0.4, 0.5) is 10.3 Å². The third-order valence-electron chi connectivity index (χ3n) is 6.77. The van der Waals surface area contributed by atoms with E-state index in [1.165, 1.54) is 12.3 Å². The molecular formula is C27H37ClFN5O3. The van der Waals surface area contributed by atoms with E-state index in [2.05, 4.69) is 20.3 Å². The van der Waals surface area contributed by atoms with E-state index in [-0.39, 0.29) is 34.8 Å². The maximum Gasteiger partial charge on any atom is 0.223 e. The summed E-state index contributed by atoms with van der Waals surface area (Å²) < 4.78 is 23.0. The molecule has 0 amide bonds. The van der Waals surface area contributed by atoms with Gasteiger partial charge in [0, 0.05) is 18.0 Å². The Labute approximate surface area is 222 Å². The molecule has 202 valence electrons. The van der Waals surface area contributed by atoms with Gasteiger partial charge in [-0.15, -0.1) is 0 Å². The van der Waals surface area contributed by atoms with E-state index < -0.39 is 17.0 Å². The van der Waals surface area contributed by atoms with Gasteiger partial charge in [-0.05, 0) is 73.4 Å². The number of imidazole rings is 1. The summed E-state index contributed by atoms with van der Waals surface area (Å²) in [6.07, 6.45) is 3.53. The van der Waals surface area contributed by atoms with Crippen LogP contribution < -0.4 is 5.32 Å².